The lowest BCUT2D eigenvalue weighted by atomic mass is 10.0. The number of hydrogen-bond donors (Lipinski definition) is 2. The Balaban J connectivity index is 3.87. The van der Waals surface area contributed by atoms with Gasteiger partial charge in [0.05, 0.1) is 13.2 Å². The quantitative estimate of drug-likeness (QED) is 0.0264. The summed E-state index contributed by atoms with van der Waals surface area (Å²) in [5, 5.41) is 0. The first kappa shape index (κ1) is 76.7. The summed E-state index contributed by atoms with van der Waals surface area (Å²) in [5.74, 6) is -0.814. The highest BCUT2D eigenvalue weighted by Crippen LogP contribution is 2.43. The molecule has 0 aliphatic rings. The molecule has 0 saturated carbocycles. The molecular formula is C69H128NO8P. The molecule has 0 aromatic heterocycles. The molecule has 0 aliphatic heterocycles. The van der Waals surface area contributed by atoms with Gasteiger partial charge in [-0.05, 0) is 83.5 Å². The van der Waals surface area contributed by atoms with Gasteiger partial charge in [0.1, 0.15) is 6.61 Å². The van der Waals surface area contributed by atoms with E-state index in [1.165, 1.54) is 250 Å². The minimum atomic E-state index is -4.39. The molecule has 462 valence electrons. The first-order chi connectivity index (χ1) is 38.8. The van der Waals surface area contributed by atoms with Crippen LogP contribution in [0.15, 0.2) is 60.8 Å². The van der Waals surface area contributed by atoms with Gasteiger partial charge in [-0.1, -0.05) is 299 Å². The number of nitrogens with two attached hydrogens (primary N) is 1. The number of phosphoric ester groups is 1. The third-order valence-electron chi connectivity index (χ3n) is 14.9. The van der Waals surface area contributed by atoms with Crippen LogP contribution in [0.4, 0.5) is 0 Å². The Morgan fingerprint density at radius 3 is 0.975 bits per heavy atom. The monoisotopic (exact) mass is 1130 g/mol. The molecule has 0 amide bonds. The minimum Gasteiger partial charge on any atom is -0.462 e. The summed E-state index contributed by atoms with van der Waals surface area (Å²) in [7, 11) is -4.39. The molecule has 0 spiro atoms. The lowest BCUT2D eigenvalue weighted by Crippen LogP contribution is -2.29. The van der Waals surface area contributed by atoms with E-state index in [0.29, 0.717) is 6.42 Å². The standard InChI is InChI=1S/C69H128NO8P/c1-3-5-7-9-11-13-15-17-19-21-23-25-27-29-30-31-32-33-34-35-36-38-40-42-44-46-48-50-52-54-56-58-60-62-69(72)78-67(66-77-79(73,74)76-64-63-70)65-75-68(71)61-59-57-55-53-51-49-47-45-43-41-39-37-28-26-24-22-20-18-16-14-12-10-8-6-4-2/h15-18,21-24,27,29,67H,3-14,19-20,25-26,28,30-66,70H2,1-2H3,(H,73,74)/b17-15-,18-16-,23-21-,24-22-,29-27-. The second kappa shape index (κ2) is 64.9. The van der Waals surface area contributed by atoms with Crippen molar-refractivity contribution in [3.8, 4) is 0 Å². The van der Waals surface area contributed by atoms with Gasteiger partial charge >= 0.3 is 19.8 Å². The van der Waals surface area contributed by atoms with Gasteiger partial charge < -0.3 is 20.1 Å². The van der Waals surface area contributed by atoms with Crippen molar-refractivity contribution in [3.05, 3.63) is 60.8 Å². The highest BCUT2D eigenvalue weighted by Gasteiger charge is 2.26. The maximum atomic E-state index is 12.8. The van der Waals surface area contributed by atoms with Crippen LogP contribution in [0.3, 0.4) is 0 Å². The van der Waals surface area contributed by atoms with Crippen molar-refractivity contribution in [1.82, 2.24) is 0 Å². The lowest BCUT2D eigenvalue weighted by molar-refractivity contribution is -0.161. The van der Waals surface area contributed by atoms with Gasteiger partial charge in [-0.3, -0.25) is 18.6 Å². The van der Waals surface area contributed by atoms with Crippen molar-refractivity contribution in [2.75, 3.05) is 26.4 Å². The van der Waals surface area contributed by atoms with E-state index < -0.39 is 26.5 Å². The fourth-order valence-corrected chi connectivity index (χ4v) is 10.6. The van der Waals surface area contributed by atoms with E-state index in [2.05, 4.69) is 74.6 Å². The van der Waals surface area contributed by atoms with E-state index in [0.717, 1.165) is 51.4 Å². The maximum Gasteiger partial charge on any atom is 0.472 e. The van der Waals surface area contributed by atoms with Crippen molar-refractivity contribution < 1.29 is 37.6 Å². The van der Waals surface area contributed by atoms with Gasteiger partial charge in [0.25, 0.3) is 0 Å². The highest BCUT2D eigenvalue weighted by atomic mass is 31.2. The fraction of sp³-hybridized carbons (Fsp3) is 0.826. The zero-order valence-corrected chi connectivity index (χ0v) is 52.8. The predicted octanol–water partition coefficient (Wildman–Crippen LogP) is 21.9. The Morgan fingerprint density at radius 2 is 0.658 bits per heavy atom. The predicted molar refractivity (Wildman–Crippen MR) is 340 cm³/mol. The number of rotatable bonds is 64. The maximum absolute atomic E-state index is 12.8. The Kier molecular flexibility index (Phi) is 63.0. The van der Waals surface area contributed by atoms with Crippen molar-refractivity contribution >= 4 is 19.8 Å². The van der Waals surface area contributed by atoms with Gasteiger partial charge in [-0.15, -0.1) is 0 Å². The SMILES string of the molecule is CCCCCCC/C=C\C/C=C\C/C=C\CCCCCCCCCCCCCCCCCCCCC(=O)OC(COC(=O)CCCCCCCCCCCCCCC/C=C\C/C=C\CCCCCCC)COP(=O)(O)OCCN. The molecule has 0 aromatic carbocycles. The molecule has 0 fully saturated rings. The number of esters is 2. The summed E-state index contributed by atoms with van der Waals surface area (Å²) >= 11 is 0. The normalized spacial score (nSPS) is 13.3. The van der Waals surface area contributed by atoms with Crippen LogP contribution in [-0.2, 0) is 32.7 Å². The third-order valence-corrected chi connectivity index (χ3v) is 15.9. The molecule has 10 heteroatoms. The molecule has 0 rings (SSSR count). The third kappa shape index (κ3) is 64.7. The summed E-state index contributed by atoms with van der Waals surface area (Å²) in [6.45, 7) is 3.77. The van der Waals surface area contributed by atoms with E-state index in [4.69, 9.17) is 24.3 Å². The number of hydrogen-bond acceptors (Lipinski definition) is 8. The highest BCUT2D eigenvalue weighted by molar-refractivity contribution is 7.47. The Morgan fingerprint density at radius 1 is 0.380 bits per heavy atom. The Bertz CT molecular complexity index is 1480. The van der Waals surface area contributed by atoms with E-state index in [9.17, 15) is 19.0 Å². The lowest BCUT2D eigenvalue weighted by Gasteiger charge is -2.19. The number of unbranched alkanes of at least 4 members (excludes halogenated alkanes) is 41. The van der Waals surface area contributed by atoms with Crippen LogP contribution in [0.2, 0.25) is 0 Å². The molecule has 0 aromatic rings. The number of phosphoric acid groups is 1. The van der Waals surface area contributed by atoms with Crippen LogP contribution in [0, 0.1) is 0 Å². The molecule has 0 bridgehead atoms. The second-order valence-electron chi connectivity index (χ2n) is 22.7. The van der Waals surface area contributed by atoms with Gasteiger partial charge in [0.2, 0.25) is 0 Å². The number of ether oxygens (including phenoxy) is 2. The molecule has 9 nitrogen and oxygen atoms in total. The topological polar surface area (TPSA) is 134 Å². The summed E-state index contributed by atoms with van der Waals surface area (Å²) in [6.07, 6.45) is 83.0. The van der Waals surface area contributed by atoms with E-state index in [1.807, 2.05) is 0 Å². The van der Waals surface area contributed by atoms with Crippen LogP contribution >= 0.6 is 7.82 Å². The molecule has 3 N–H and O–H groups in total. The summed E-state index contributed by atoms with van der Waals surface area (Å²) < 4.78 is 33.2. The second-order valence-corrected chi connectivity index (χ2v) is 24.1. The van der Waals surface area contributed by atoms with Gasteiger partial charge in [-0.25, -0.2) is 4.57 Å². The van der Waals surface area contributed by atoms with Crippen LogP contribution in [0.1, 0.15) is 335 Å². The molecule has 0 aliphatic carbocycles. The summed E-state index contributed by atoms with van der Waals surface area (Å²) in [6, 6.07) is 0. The molecule has 0 heterocycles. The molecule has 2 unspecified atom stereocenters. The number of carbonyl (C=O) groups excluding carboxylic acids is 2. The minimum absolute atomic E-state index is 0.0535. The van der Waals surface area contributed by atoms with E-state index in [1.54, 1.807) is 0 Å². The fourth-order valence-electron chi connectivity index (χ4n) is 9.85. The average molecular weight is 1130 g/mol. The van der Waals surface area contributed by atoms with Crippen LogP contribution in [0.25, 0.3) is 0 Å². The van der Waals surface area contributed by atoms with Crippen molar-refractivity contribution in [2.45, 2.75) is 341 Å². The summed E-state index contributed by atoms with van der Waals surface area (Å²) in [5.41, 5.74) is 5.40. The average Bonchev–Trinajstić information content (AvgIpc) is 3.44. The number of allylic oxidation sites excluding steroid dienone is 10. The van der Waals surface area contributed by atoms with Gasteiger partial charge in [-0.2, -0.15) is 0 Å². The van der Waals surface area contributed by atoms with Gasteiger partial charge in [0, 0.05) is 19.4 Å². The smallest absolute Gasteiger partial charge is 0.462 e. The Hall–Kier alpha value is -2.29. The molecular weight excluding hydrogens is 1000 g/mol. The number of carbonyl (C=O) groups is 2. The van der Waals surface area contributed by atoms with Crippen LogP contribution in [-0.4, -0.2) is 49.3 Å². The molecule has 79 heavy (non-hydrogen) atoms. The zero-order chi connectivity index (χ0) is 57.3. The molecule has 0 radical (unpaired) electrons. The van der Waals surface area contributed by atoms with E-state index >= 15 is 0 Å². The largest absolute Gasteiger partial charge is 0.472 e. The van der Waals surface area contributed by atoms with Crippen LogP contribution in [0.5, 0.6) is 0 Å². The van der Waals surface area contributed by atoms with Crippen molar-refractivity contribution in [3.63, 3.8) is 0 Å². The van der Waals surface area contributed by atoms with Gasteiger partial charge in [0.15, 0.2) is 6.10 Å². The Labute approximate surface area is 489 Å². The molecule has 2 atom stereocenters. The van der Waals surface area contributed by atoms with Crippen molar-refractivity contribution in [1.29, 1.82) is 0 Å². The van der Waals surface area contributed by atoms with E-state index in [-0.39, 0.29) is 38.6 Å². The van der Waals surface area contributed by atoms with Crippen LogP contribution < -0.4 is 5.73 Å². The zero-order valence-electron chi connectivity index (χ0n) is 51.9. The molecule has 0 saturated heterocycles. The first-order valence-corrected chi connectivity index (χ1v) is 35.3. The van der Waals surface area contributed by atoms with Crippen molar-refractivity contribution in [2.24, 2.45) is 5.73 Å². The summed E-state index contributed by atoms with van der Waals surface area (Å²) in [4.78, 5) is 35.3. The first-order valence-electron chi connectivity index (χ1n) is 33.8.